The van der Waals surface area contributed by atoms with Crippen molar-refractivity contribution in [1.29, 1.82) is 0 Å². The van der Waals surface area contributed by atoms with E-state index in [1.54, 1.807) is 11.3 Å². The molecule has 0 bridgehead atoms. The van der Waals surface area contributed by atoms with E-state index in [9.17, 15) is 4.79 Å². The number of nitrogens with zero attached hydrogens (tertiary/aromatic N) is 2. The van der Waals surface area contributed by atoms with Crippen LogP contribution in [0.5, 0.6) is 5.75 Å². The summed E-state index contributed by atoms with van der Waals surface area (Å²) in [5.74, 6) is 0.966. The third-order valence-electron chi connectivity index (χ3n) is 3.78. The van der Waals surface area contributed by atoms with Crippen molar-refractivity contribution in [2.75, 3.05) is 32.1 Å². The van der Waals surface area contributed by atoms with Crippen molar-refractivity contribution in [3.05, 3.63) is 45.6 Å². The van der Waals surface area contributed by atoms with E-state index in [1.807, 2.05) is 50.2 Å². The highest BCUT2D eigenvalue weighted by molar-refractivity contribution is 7.13. The van der Waals surface area contributed by atoms with Crippen LogP contribution in [0.1, 0.15) is 20.1 Å². The van der Waals surface area contributed by atoms with Gasteiger partial charge in [0, 0.05) is 36.8 Å². The number of fused-ring (bicyclic) bond motifs is 1. The standard InChI is InChI=1S/C17H20N2O2S/c1-12-4-7-16(22-12)17(20)19-8-9-21-15-6-5-14(18(2)3)10-13(15)11-19/h4-7,10H,8-9,11H2,1-3H3. The fraction of sp³-hybridized carbons (Fsp3) is 0.353. The van der Waals surface area contributed by atoms with Gasteiger partial charge >= 0.3 is 0 Å². The average molecular weight is 316 g/mol. The first-order chi connectivity index (χ1) is 10.5. The van der Waals surface area contributed by atoms with Crippen LogP contribution in [0.25, 0.3) is 0 Å². The SMILES string of the molecule is Cc1ccc(C(=O)N2CCOc3ccc(N(C)C)cc3C2)s1. The molecule has 4 nitrogen and oxygen atoms in total. The molecule has 1 aliphatic heterocycles. The number of thiophene rings is 1. The summed E-state index contributed by atoms with van der Waals surface area (Å²) in [4.78, 5) is 18.5. The van der Waals surface area contributed by atoms with Gasteiger partial charge in [-0.05, 0) is 37.3 Å². The summed E-state index contributed by atoms with van der Waals surface area (Å²) < 4.78 is 5.80. The van der Waals surface area contributed by atoms with Gasteiger partial charge in [0.05, 0.1) is 11.4 Å². The molecule has 1 aromatic heterocycles. The monoisotopic (exact) mass is 316 g/mol. The third-order valence-corrected chi connectivity index (χ3v) is 4.77. The first-order valence-electron chi connectivity index (χ1n) is 7.33. The highest BCUT2D eigenvalue weighted by Crippen LogP contribution is 2.28. The number of benzene rings is 1. The van der Waals surface area contributed by atoms with E-state index < -0.39 is 0 Å². The molecule has 5 heteroatoms. The molecule has 0 radical (unpaired) electrons. The van der Waals surface area contributed by atoms with Crippen LogP contribution < -0.4 is 9.64 Å². The summed E-state index contributed by atoms with van der Waals surface area (Å²) in [5.41, 5.74) is 2.17. The summed E-state index contributed by atoms with van der Waals surface area (Å²) in [6.07, 6.45) is 0. The largest absolute Gasteiger partial charge is 0.491 e. The van der Waals surface area contributed by atoms with Gasteiger partial charge in [-0.15, -0.1) is 11.3 Å². The zero-order valence-electron chi connectivity index (χ0n) is 13.1. The molecule has 2 heterocycles. The van der Waals surface area contributed by atoms with Crippen molar-refractivity contribution in [1.82, 2.24) is 4.90 Å². The minimum atomic E-state index is 0.0878. The quantitative estimate of drug-likeness (QED) is 0.853. The van der Waals surface area contributed by atoms with Gasteiger partial charge in [-0.3, -0.25) is 4.79 Å². The van der Waals surface area contributed by atoms with Crippen molar-refractivity contribution >= 4 is 22.9 Å². The number of carbonyl (C=O) groups excluding carboxylic acids is 1. The molecule has 0 atom stereocenters. The number of carbonyl (C=O) groups is 1. The van der Waals surface area contributed by atoms with E-state index in [0.717, 1.165) is 26.8 Å². The van der Waals surface area contributed by atoms with Gasteiger partial charge < -0.3 is 14.5 Å². The number of hydrogen-bond acceptors (Lipinski definition) is 4. The molecule has 3 rings (SSSR count). The van der Waals surface area contributed by atoms with E-state index in [-0.39, 0.29) is 5.91 Å². The van der Waals surface area contributed by atoms with Crippen molar-refractivity contribution < 1.29 is 9.53 Å². The summed E-state index contributed by atoms with van der Waals surface area (Å²) in [7, 11) is 4.02. The number of aryl methyl sites for hydroxylation is 1. The molecule has 2 aromatic rings. The van der Waals surface area contributed by atoms with Gasteiger partial charge in [0.25, 0.3) is 5.91 Å². The molecule has 0 saturated heterocycles. The Balaban J connectivity index is 1.87. The van der Waals surface area contributed by atoms with E-state index in [4.69, 9.17) is 4.74 Å². The lowest BCUT2D eigenvalue weighted by molar-refractivity contribution is 0.0738. The Labute approximate surface area is 134 Å². The lowest BCUT2D eigenvalue weighted by Crippen LogP contribution is -2.31. The maximum atomic E-state index is 12.7. The van der Waals surface area contributed by atoms with Crippen molar-refractivity contribution in [3.63, 3.8) is 0 Å². The maximum absolute atomic E-state index is 12.7. The Hall–Kier alpha value is -2.01. The number of ether oxygens (including phenoxy) is 1. The number of rotatable bonds is 2. The van der Waals surface area contributed by atoms with Crippen LogP contribution in [0.4, 0.5) is 5.69 Å². The molecule has 116 valence electrons. The lowest BCUT2D eigenvalue weighted by Gasteiger charge is -2.20. The maximum Gasteiger partial charge on any atom is 0.264 e. The average Bonchev–Trinajstić information content (AvgIpc) is 2.81. The minimum Gasteiger partial charge on any atom is -0.491 e. The molecule has 22 heavy (non-hydrogen) atoms. The second kappa shape index (κ2) is 6.01. The second-order valence-corrected chi connectivity index (χ2v) is 6.96. The normalized spacial score (nSPS) is 14.0. The highest BCUT2D eigenvalue weighted by Gasteiger charge is 2.22. The summed E-state index contributed by atoms with van der Waals surface area (Å²) in [5, 5.41) is 0. The van der Waals surface area contributed by atoms with Gasteiger partial charge in [0.2, 0.25) is 0 Å². The fourth-order valence-corrected chi connectivity index (χ4v) is 3.37. The molecule has 0 spiro atoms. The Kier molecular flexibility index (Phi) is 4.07. The molecule has 1 amide bonds. The smallest absolute Gasteiger partial charge is 0.264 e. The van der Waals surface area contributed by atoms with Gasteiger partial charge in [0.15, 0.2) is 0 Å². The van der Waals surface area contributed by atoms with E-state index in [0.29, 0.717) is 19.7 Å². The lowest BCUT2D eigenvalue weighted by atomic mass is 10.1. The van der Waals surface area contributed by atoms with Crippen molar-refractivity contribution in [3.8, 4) is 5.75 Å². The Morgan fingerprint density at radius 1 is 1.27 bits per heavy atom. The number of hydrogen-bond donors (Lipinski definition) is 0. The van der Waals surface area contributed by atoms with Crippen molar-refractivity contribution in [2.45, 2.75) is 13.5 Å². The molecular formula is C17H20N2O2S. The number of amides is 1. The van der Waals surface area contributed by atoms with Gasteiger partial charge in [-0.1, -0.05) is 0 Å². The fourth-order valence-electron chi connectivity index (χ4n) is 2.54. The van der Waals surface area contributed by atoms with Gasteiger partial charge in [0.1, 0.15) is 12.4 Å². The van der Waals surface area contributed by atoms with Crippen LogP contribution in [0.2, 0.25) is 0 Å². The predicted molar refractivity (Wildman–Crippen MR) is 90.1 cm³/mol. The molecular weight excluding hydrogens is 296 g/mol. The highest BCUT2D eigenvalue weighted by atomic mass is 32.1. The van der Waals surface area contributed by atoms with Crippen LogP contribution in [0.3, 0.4) is 0 Å². The topological polar surface area (TPSA) is 32.8 Å². The Morgan fingerprint density at radius 3 is 2.77 bits per heavy atom. The third kappa shape index (κ3) is 2.95. The van der Waals surface area contributed by atoms with E-state index >= 15 is 0 Å². The zero-order chi connectivity index (χ0) is 15.7. The van der Waals surface area contributed by atoms with Crippen LogP contribution >= 0.6 is 11.3 Å². The van der Waals surface area contributed by atoms with Crippen LogP contribution in [-0.2, 0) is 6.54 Å². The second-order valence-electron chi connectivity index (χ2n) is 5.67. The molecule has 0 saturated carbocycles. The number of anilines is 1. The van der Waals surface area contributed by atoms with Crippen LogP contribution in [-0.4, -0.2) is 38.1 Å². The Bertz CT molecular complexity index is 694. The molecule has 1 aromatic carbocycles. The Morgan fingerprint density at radius 2 is 2.09 bits per heavy atom. The van der Waals surface area contributed by atoms with Gasteiger partial charge in [-0.25, -0.2) is 0 Å². The first kappa shape index (κ1) is 14.9. The molecule has 1 aliphatic rings. The van der Waals surface area contributed by atoms with Crippen molar-refractivity contribution in [2.24, 2.45) is 0 Å². The molecule has 0 fully saturated rings. The molecule has 0 aliphatic carbocycles. The summed E-state index contributed by atoms with van der Waals surface area (Å²) >= 11 is 1.55. The summed E-state index contributed by atoms with van der Waals surface area (Å²) in [6, 6.07) is 10.0. The first-order valence-corrected chi connectivity index (χ1v) is 8.15. The van der Waals surface area contributed by atoms with E-state index in [1.165, 1.54) is 0 Å². The van der Waals surface area contributed by atoms with Crippen LogP contribution in [0, 0.1) is 6.92 Å². The predicted octanol–water partition coefficient (Wildman–Crippen LogP) is 3.16. The molecule has 0 N–H and O–H groups in total. The zero-order valence-corrected chi connectivity index (χ0v) is 13.9. The summed E-state index contributed by atoms with van der Waals surface area (Å²) in [6.45, 7) is 3.75. The van der Waals surface area contributed by atoms with E-state index in [2.05, 4.69) is 11.0 Å². The van der Waals surface area contributed by atoms with Gasteiger partial charge in [-0.2, -0.15) is 0 Å². The minimum absolute atomic E-state index is 0.0878. The molecule has 0 unspecified atom stereocenters. The van der Waals surface area contributed by atoms with Crippen LogP contribution in [0.15, 0.2) is 30.3 Å².